The van der Waals surface area contributed by atoms with Crippen LogP contribution in [-0.2, 0) is 14.3 Å². The molecule has 1 heterocycles. The van der Waals surface area contributed by atoms with E-state index in [-0.39, 0.29) is 13.0 Å². The van der Waals surface area contributed by atoms with Gasteiger partial charge in [-0.05, 0) is 18.4 Å². The van der Waals surface area contributed by atoms with Crippen LogP contribution in [0.1, 0.15) is 12.8 Å². The van der Waals surface area contributed by atoms with Crippen LogP contribution in [0.25, 0.3) is 10.4 Å². The molecule has 10 heteroatoms. The minimum Gasteiger partial charge on any atom is -0.354 e. The molecule has 0 radical (unpaired) electrons. The fourth-order valence-electron chi connectivity index (χ4n) is 1.73. The number of nitrogens with one attached hydrogen (secondary N) is 1. The predicted octanol–water partition coefficient (Wildman–Crippen LogP) is 1.50. The number of azide groups is 1. The summed E-state index contributed by atoms with van der Waals surface area (Å²) >= 11 is 0. The molecular formula is C9H13F3N4O3. The third kappa shape index (κ3) is 4.58. The number of amides is 1. The molecule has 0 aliphatic carbocycles. The van der Waals surface area contributed by atoms with Crippen LogP contribution in [0.2, 0.25) is 0 Å². The topological polar surface area (TPSA) is 96.3 Å². The number of rotatable bonds is 4. The van der Waals surface area contributed by atoms with Crippen molar-refractivity contribution in [2.45, 2.75) is 37.5 Å². The van der Waals surface area contributed by atoms with Gasteiger partial charge in [-0.3, -0.25) is 4.79 Å². The summed E-state index contributed by atoms with van der Waals surface area (Å²) in [5.74, 6) is -2.03. The van der Waals surface area contributed by atoms with E-state index in [1.54, 1.807) is 0 Å². The zero-order valence-corrected chi connectivity index (χ0v) is 10.1. The number of carbonyl (C=O) groups is 1. The SMILES string of the molecule is CO[C@@H]1O[C@H](CN=[N+]=[N-])CC[C@H]1NC(=O)C(F)(F)F. The van der Waals surface area contributed by atoms with Crippen LogP contribution in [-0.4, -0.2) is 44.2 Å². The van der Waals surface area contributed by atoms with Gasteiger partial charge in [0.2, 0.25) is 0 Å². The minimum absolute atomic E-state index is 0.0658. The first-order chi connectivity index (χ1) is 8.88. The second kappa shape index (κ2) is 6.60. The van der Waals surface area contributed by atoms with Gasteiger partial charge < -0.3 is 14.8 Å². The van der Waals surface area contributed by atoms with Crippen LogP contribution in [0, 0.1) is 0 Å². The molecule has 0 aromatic rings. The van der Waals surface area contributed by atoms with E-state index in [1.807, 2.05) is 5.32 Å². The molecule has 1 fully saturated rings. The number of methoxy groups -OCH3 is 1. The fourth-order valence-corrected chi connectivity index (χ4v) is 1.73. The Balaban J connectivity index is 2.57. The van der Waals surface area contributed by atoms with Crippen LogP contribution in [0.15, 0.2) is 5.11 Å². The molecule has 3 atom stereocenters. The molecule has 1 rings (SSSR count). The van der Waals surface area contributed by atoms with E-state index in [2.05, 4.69) is 10.0 Å². The van der Waals surface area contributed by atoms with E-state index < -0.39 is 30.5 Å². The molecule has 0 unspecified atom stereocenters. The molecule has 0 bridgehead atoms. The Kier molecular flexibility index (Phi) is 5.40. The predicted molar refractivity (Wildman–Crippen MR) is 56.9 cm³/mol. The Morgan fingerprint density at radius 2 is 2.26 bits per heavy atom. The van der Waals surface area contributed by atoms with Gasteiger partial charge in [0.15, 0.2) is 6.29 Å². The zero-order chi connectivity index (χ0) is 14.5. The minimum atomic E-state index is -4.94. The summed E-state index contributed by atoms with van der Waals surface area (Å²) in [4.78, 5) is 13.4. The summed E-state index contributed by atoms with van der Waals surface area (Å²) in [5, 5.41) is 5.14. The smallest absolute Gasteiger partial charge is 0.354 e. The van der Waals surface area contributed by atoms with Crippen LogP contribution >= 0.6 is 0 Å². The average Bonchev–Trinajstić information content (AvgIpc) is 2.36. The Bertz CT molecular complexity index is 370. The standard InChI is InChI=1S/C9H13F3N4O3/c1-18-7-6(15-8(17)9(10,11)12)3-2-5(19-7)4-14-16-13/h5-7H,2-4H2,1H3,(H,15,17)/t5-,6+,7+/m0/s1. The third-order valence-corrected chi connectivity index (χ3v) is 2.61. The van der Waals surface area contributed by atoms with Crippen molar-refractivity contribution in [3.8, 4) is 0 Å². The molecule has 1 amide bonds. The summed E-state index contributed by atoms with van der Waals surface area (Å²) in [6.07, 6.45) is -5.77. The van der Waals surface area contributed by atoms with Crippen LogP contribution in [0.4, 0.5) is 13.2 Å². The van der Waals surface area contributed by atoms with Gasteiger partial charge in [0.1, 0.15) is 0 Å². The van der Waals surface area contributed by atoms with Crippen molar-refractivity contribution in [2.24, 2.45) is 5.11 Å². The van der Waals surface area contributed by atoms with Gasteiger partial charge in [-0.2, -0.15) is 13.2 Å². The Labute approximate surface area is 106 Å². The van der Waals surface area contributed by atoms with Crippen molar-refractivity contribution in [3.63, 3.8) is 0 Å². The van der Waals surface area contributed by atoms with Gasteiger partial charge >= 0.3 is 12.1 Å². The van der Waals surface area contributed by atoms with Crippen molar-refractivity contribution in [1.82, 2.24) is 5.32 Å². The largest absolute Gasteiger partial charge is 0.471 e. The lowest BCUT2D eigenvalue weighted by Crippen LogP contribution is -2.53. The second-order valence-electron chi connectivity index (χ2n) is 3.93. The van der Waals surface area contributed by atoms with Crippen molar-refractivity contribution in [3.05, 3.63) is 10.4 Å². The van der Waals surface area contributed by atoms with Gasteiger partial charge in [-0.1, -0.05) is 5.11 Å². The number of ether oxygens (including phenoxy) is 2. The number of carbonyl (C=O) groups excluding carboxylic acids is 1. The molecule has 1 N–H and O–H groups in total. The lowest BCUT2D eigenvalue weighted by atomic mass is 10.0. The molecule has 1 aliphatic heterocycles. The number of halogens is 3. The third-order valence-electron chi connectivity index (χ3n) is 2.61. The van der Waals surface area contributed by atoms with Gasteiger partial charge in [0.05, 0.1) is 18.7 Å². The molecule has 108 valence electrons. The van der Waals surface area contributed by atoms with Crippen molar-refractivity contribution in [2.75, 3.05) is 13.7 Å². The first-order valence-electron chi connectivity index (χ1n) is 5.45. The highest BCUT2D eigenvalue weighted by Crippen LogP contribution is 2.22. The first kappa shape index (κ1) is 15.5. The average molecular weight is 282 g/mol. The fraction of sp³-hybridized carbons (Fsp3) is 0.889. The highest BCUT2D eigenvalue weighted by molar-refractivity contribution is 5.81. The molecule has 0 aromatic heterocycles. The molecule has 0 aromatic carbocycles. The monoisotopic (exact) mass is 282 g/mol. The lowest BCUT2D eigenvalue weighted by molar-refractivity contribution is -0.201. The summed E-state index contributed by atoms with van der Waals surface area (Å²) < 4.78 is 46.6. The molecule has 7 nitrogen and oxygen atoms in total. The normalized spacial score (nSPS) is 27.5. The van der Waals surface area contributed by atoms with Crippen LogP contribution in [0.5, 0.6) is 0 Å². The quantitative estimate of drug-likeness (QED) is 0.480. The van der Waals surface area contributed by atoms with Crippen LogP contribution < -0.4 is 5.32 Å². The van der Waals surface area contributed by atoms with Gasteiger partial charge in [0, 0.05) is 12.0 Å². The molecular weight excluding hydrogens is 269 g/mol. The maximum atomic E-state index is 12.1. The molecule has 0 spiro atoms. The molecule has 1 saturated heterocycles. The van der Waals surface area contributed by atoms with E-state index in [0.29, 0.717) is 6.42 Å². The van der Waals surface area contributed by atoms with E-state index in [1.165, 1.54) is 7.11 Å². The van der Waals surface area contributed by atoms with Crippen molar-refractivity contribution >= 4 is 5.91 Å². The highest BCUT2D eigenvalue weighted by atomic mass is 19.4. The lowest BCUT2D eigenvalue weighted by Gasteiger charge is -2.35. The maximum Gasteiger partial charge on any atom is 0.471 e. The molecule has 0 saturated carbocycles. The Morgan fingerprint density at radius 1 is 1.58 bits per heavy atom. The second-order valence-corrected chi connectivity index (χ2v) is 3.93. The Morgan fingerprint density at radius 3 is 2.79 bits per heavy atom. The van der Waals surface area contributed by atoms with Crippen LogP contribution in [0.3, 0.4) is 0 Å². The van der Waals surface area contributed by atoms with E-state index in [0.717, 1.165) is 0 Å². The summed E-state index contributed by atoms with van der Waals surface area (Å²) in [7, 11) is 1.26. The van der Waals surface area contributed by atoms with E-state index in [9.17, 15) is 18.0 Å². The van der Waals surface area contributed by atoms with Crippen molar-refractivity contribution in [1.29, 1.82) is 0 Å². The van der Waals surface area contributed by atoms with E-state index >= 15 is 0 Å². The van der Waals surface area contributed by atoms with E-state index in [4.69, 9.17) is 15.0 Å². The summed E-state index contributed by atoms with van der Waals surface area (Å²) in [5.41, 5.74) is 8.17. The molecule has 19 heavy (non-hydrogen) atoms. The maximum absolute atomic E-state index is 12.1. The zero-order valence-electron chi connectivity index (χ0n) is 10.1. The Hall–Kier alpha value is -1.51. The summed E-state index contributed by atoms with van der Waals surface area (Å²) in [6, 6.07) is -0.888. The first-order valence-corrected chi connectivity index (χ1v) is 5.45. The number of alkyl halides is 3. The number of hydrogen-bond donors (Lipinski definition) is 1. The van der Waals surface area contributed by atoms with Gasteiger partial charge in [-0.15, -0.1) is 0 Å². The van der Waals surface area contributed by atoms with Gasteiger partial charge in [-0.25, -0.2) is 0 Å². The summed E-state index contributed by atoms with van der Waals surface area (Å²) in [6.45, 7) is 0.0658. The number of nitrogens with zero attached hydrogens (tertiary/aromatic N) is 3. The van der Waals surface area contributed by atoms with Crippen molar-refractivity contribution < 1.29 is 27.4 Å². The highest BCUT2D eigenvalue weighted by Gasteiger charge is 2.42. The molecule has 1 aliphatic rings. The number of hydrogen-bond acceptors (Lipinski definition) is 4. The van der Waals surface area contributed by atoms with Gasteiger partial charge in [0.25, 0.3) is 0 Å².